The maximum Gasteiger partial charge on any atom is 0.235 e. The Bertz CT molecular complexity index is 1520. The topological polar surface area (TPSA) is 71.8 Å². The minimum atomic E-state index is -0.589. The van der Waals surface area contributed by atoms with Crippen LogP contribution in [0.3, 0.4) is 0 Å². The SMILES string of the molecule is C=C/N=C(/C(C(=O)Nc1ccc(-c2c(C)nn(COCCS(C)(C)C)c2C)cc1)C(C1CC1)C1CC1)N(C=C)Cc1ccccc1. The molecule has 8 heteroatoms. The smallest absolute Gasteiger partial charge is 0.235 e. The number of amidine groups is 1. The van der Waals surface area contributed by atoms with Gasteiger partial charge in [-0.3, -0.25) is 4.79 Å². The van der Waals surface area contributed by atoms with Gasteiger partial charge in [-0.05, 0) is 106 Å². The third-order valence-corrected chi connectivity index (χ3v) is 10.5. The van der Waals surface area contributed by atoms with E-state index in [1.807, 2.05) is 46.8 Å². The van der Waals surface area contributed by atoms with Crippen LogP contribution in [0.5, 0.6) is 0 Å². The summed E-state index contributed by atoms with van der Waals surface area (Å²) in [6.45, 7) is 13.9. The number of aliphatic imine (C=N–C) groups is 1. The monoisotopic (exact) mass is 641 g/mol. The van der Waals surface area contributed by atoms with Crippen LogP contribution in [0.1, 0.15) is 42.6 Å². The molecule has 5 rings (SSSR count). The van der Waals surface area contributed by atoms with Crippen LogP contribution in [-0.4, -0.2) is 57.6 Å². The number of nitrogens with one attached hydrogen (secondary N) is 1. The van der Waals surface area contributed by atoms with Gasteiger partial charge in [-0.2, -0.15) is 5.10 Å². The summed E-state index contributed by atoms with van der Waals surface area (Å²) in [7, 11) is -0.589. The molecule has 2 fully saturated rings. The van der Waals surface area contributed by atoms with Crippen LogP contribution in [0.4, 0.5) is 5.69 Å². The third kappa shape index (κ3) is 8.59. The van der Waals surface area contributed by atoms with E-state index in [-0.39, 0.29) is 11.8 Å². The van der Waals surface area contributed by atoms with Crippen molar-refractivity contribution in [2.45, 2.75) is 52.8 Å². The number of anilines is 1. The molecule has 1 aromatic heterocycles. The molecule has 2 aliphatic rings. The van der Waals surface area contributed by atoms with Gasteiger partial charge in [0.1, 0.15) is 12.6 Å². The Morgan fingerprint density at radius 3 is 2.28 bits per heavy atom. The van der Waals surface area contributed by atoms with Crippen molar-refractivity contribution in [1.82, 2.24) is 14.7 Å². The molecule has 2 saturated carbocycles. The minimum Gasteiger partial charge on any atom is -0.358 e. The fourth-order valence-electron chi connectivity index (χ4n) is 6.44. The lowest BCUT2D eigenvalue weighted by molar-refractivity contribution is -0.120. The summed E-state index contributed by atoms with van der Waals surface area (Å²) in [6.07, 6.45) is 14.9. The molecule has 1 N–H and O–H groups in total. The molecule has 246 valence electrons. The Hall–Kier alpha value is -3.62. The molecule has 1 unspecified atom stereocenters. The highest BCUT2D eigenvalue weighted by atomic mass is 32.3. The van der Waals surface area contributed by atoms with E-state index in [4.69, 9.17) is 14.8 Å². The zero-order valence-electron chi connectivity index (χ0n) is 28.2. The van der Waals surface area contributed by atoms with E-state index in [0.29, 0.717) is 25.1 Å². The summed E-state index contributed by atoms with van der Waals surface area (Å²) >= 11 is 0. The average Bonchev–Trinajstić information content (AvgIpc) is 3.96. The van der Waals surface area contributed by atoms with Crippen molar-refractivity contribution in [3.63, 3.8) is 0 Å². The molecule has 0 spiro atoms. The molecule has 7 nitrogen and oxygen atoms in total. The largest absolute Gasteiger partial charge is 0.358 e. The highest BCUT2D eigenvalue weighted by molar-refractivity contribution is 8.32. The highest BCUT2D eigenvalue weighted by Crippen LogP contribution is 2.53. The second-order valence-electron chi connectivity index (χ2n) is 13.6. The number of aryl methyl sites for hydroxylation is 1. The van der Waals surface area contributed by atoms with Gasteiger partial charge in [0.2, 0.25) is 5.91 Å². The number of ether oxygens (including phenoxy) is 1. The zero-order valence-corrected chi connectivity index (χ0v) is 29.1. The van der Waals surface area contributed by atoms with E-state index in [0.717, 1.165) is 52.0 Å². The first kappa shape index (κ1) is 33.7. The summed E-state index contributed by atoms with van der Waals surface area (Å²) < 4.78 is 7.92. The van der Waals surface area contributed by atoms with Crippen LogP contribution in [0.15, 0.2) is 85.1 Å². The Balaban J connectivity index is 1.35. The molecular weight excluding hydrogens is 591 g/mol. The number of amides is 1. The number of benzene rings is 2. The number of hydrogen-bond acceptors (Lipinski definition) is 4. The normalized spacial score (nSPS) is 16.3. The van der Waals surface area contributed by atoms with Crippen LogP contribution in [0.2, 0.25) is 0 Å². The molecule has 0 saturated heterocycles. The van der Waals surface area contributed by atoms with Gasteiger partial charge in [-0.25, -0.2) is 19.7 Å². The maximum absolute atomic E-state index is 14.3. The van der Waals surface area contributed by atoms with E-state index < -0.39 is 15.9 Å². The lowest BCUT2D eigenvalue weighted by Crippen LogP contribution is -2.44. The fraction of sp³-hybridized carbons (Fsp3) is 0.447. The summed E-state index contributed by atoms with van der Waals surface area (Å²) in [5.41, 5.74) is 6.11. The molecule has 0 aliphatic heterocycles. The molecular formula is C38H51N5O2S. The number of carbonyl (C=O) groups is 1. The van der Waals surface area contributed by atoms with Gasteiger partial charge < -0.3 is 15.0 Å². The van der Waals surface area contributed by atoms with Crippen LogP contribution in [0, 0.1) is 37.5 Å². The number of carbonyl (C=O) groups excluding carboxylic acids is 1. The van der Waals surface area contributed by atoms with Crippen molar-refractivity contribution in [1.29, 1.82) is 0 Å². The molecule has 1 atom stereocenters. The Morgan fingerprint density at radius 2 is 1.72 bits per heavy atom. The van der Waals surface area contributed by atoms with Crippen molar-refractivity contribution < 1.29 is 9.53 Å². The second-order valence-corrected chi connectivity index (χ2v) is 18.2. The van der Waals surface area contributed by atoms with Gasteiger partial charge >= 0.3 is 0 Å². The van der Waals surface area contributed by atoms with E-state index in [1.54, 1.807) is 12.4 Å². The van der Waals surface area contributed by atoms with E-state index in [9.17, 15) is 4.79 Å². The first-order valence-corrected chi connectivity index (χ1v) is 19.4. The van der Waals surface area contributed by atoms with Gasteiger partial charge in [-0.1, -0.05) is 55.6 Å². The van der Waals surface area contributed by atoms with Gasteiger partial charge in [-0.15, -0.1) is 0 Å². The molecule has 0 radical (unpaired) electrons. The van der Waals surface area contributed by atoms with Crippen LogP contribution >= 0.6 is 10.0 Å². The molecule has 2 aromatic carbocycles. The molecule has 1 heterocycles. The van der Waals surface area contributed by atoms with Crippen molar-refractivity contribution in [3.8, 4) is 11.1 Å². The fourth-order valence-corrected chi connectivity index (χ4v) is 7.06. The van der Waals surface area contributed by atoms with E-state index >= 15 is 0 Å². The summed E-state index contributed by atoms with van der Waals surface area (Å²) in [4.78, 5) is 21.1. The molecule has 46 heavy (non-hydrogen) atoms. The predicted octanol–water partition coefficient (Wildman–Crippen LogP) is 8.01. The van der Waals surface area contributed by atoms with Crippen molar-refractivity contribution in [2.75, 3.05) is 36.4 Å². The predicted molar refractivity (Wildman–Crippen MR) is 194 cm³/mol. The van der Waals surface area contributed by atoms with Gasteiger partial charge in [0.05, 0.1) is 18.2 Å². The van der Waals surface area contributed by atoms with Crippen molar-refractivity contribution in [2.24, 2.45) is 28.7 Å². The van der Waals surface area contributed by atoms with E-state index in [1.165, 1.54) is 25.7 Å². The first-order valence-electron chi connectivity index (χ1n) is 16.4. The Kier molecular flexibility index (Phi) is 10.9. The lowest BCUT2D eigenvalue weighted by Gasteiger charge is -2.33. The third-order valence-electron chi connectivity index (χ3n) is 9.09. The van der Waals surface area contributed by atoms with Crippen LogP contribution in [0.25, 0.3) is 11.1 Å². The summed E-state index contributed by atoms with van der Waals surface area (Å²) in [5.74, 6) is 2.72. The number of nitrogens with zero attached hydrogens (tertiary/aromatic N) is 4. The zero-order chi connectivity index (χ0) is 32.8. The average molecular weight is 642 g/mol. The number of hydrogen-bond donors (Lipinski definition) is 1. The highest BCUT2D eigenvalue weighted by Gasteiger charge is 2.50. The van der Waals surface area contributed by atoms with E-state index in [2.05, 4.69) is 68.4 Å². The Morgan fingerprint density at radius 1 is 1.07 bits per heavy atom. The maximum atomic E-state index is 14.3. The summed E-state index contributed by atoms with van der Waals surface area (Å²) in [5, 5.41) is 8.04. The number of aromatic nitrogens is 2. The van der Waals surface area contributed by atoms with Crippen LogP contribution in [-0.2, 0) is 22.8 Å². The van der Waals surface area contributed by atoms with Crippen molar-refractivity contribution in [3.05, 3.63) is 97.1 Å². The van der Waals surface area contributed by atoms with Crippen LogP contribution < -0.4 is 5.32 Å². The Labute approximate surface area is 277 Å². The van der Waals surface area contributed by atoms with Gasteiger partial charge in [0, 0.05) is 35.4 Å². The molecule has 2 aliphatic carbocycles. The summed E-state index contributed by atoms with van der Waals surface area (Å²) in [6, 6.07) is 18.4. The van der Waals surface area contributed by atoms with Gasteiger partial charge in [0.25, 0.3) is 0 Å². The lowest BCUT2D eigenvalue weighted by atomic mass is 9.81. The standard InChI is InChI=1S/C38H51N5O2S/c1-8-39-37(42(9-2)25-29-13-11-10-12-14-29)36(35(31-15-16-31)32-17-18-32)38(44)40-33-21-19-30(20-22-33)34-27(3)41-43(28(34)4)26-45-23-24-46(5,6)7/h8-14,19-22,31-32,35-36H,1-2,15-18,23-26H2,3-7H3,(H,40,44)/b39-37-. The second kappa shape index (κ2) is 14.9. The minimum absolute atomic E-state index is 0.0218. The number of rotatable bonds is 16. The van der Waals surface area contributed by atoms with Crippen molar-refractivity contribution >= 4 is 27.5 Å². The van der Waals surface area contributed by atoms with Gasteiger partial charge in [0.15, 0.2) is 0 Å². The quantitative estimate of drug-likeness (QED) is 0.0977. The molecule has 0 bridgehead atoms. The molecule has 3 aromatic rings. The molecule has 1 amide bonds. The first-order chi connectivity index (χ1) is 22.1.